The predicted octanol–water partition coefficient (Wildman–Crippen LogP) is 4.34. The molecule has 0 bridgehead atoms. The molecule has 0 radical (unpaired) electrons. The molecule has 1 aromatic carbocycles. The van der Waals surface area contributed by atoms with Crippen molar-refractivity contribution in [2.45, 2.75) is 19.8 Å². The Balaban J connectivity index is 2.31. The molecule has 0 unspecified atom stereocenters. The van der Waals surface area contributed by atoms with Gasteiger partial charge in [0.25, 0.3) is 0 Å². The summed E-state index contributed by atoms with van der Waals surface area (Å²) in [4.78, 5) is -1.51. The van der Waals surface area contributed by atoms with Gasteiger partial charge >= 0.3 is 106 Å². The van der Waals surface area contributed by atoms with Crippen LogP contribution >= 0.6 is 39.9 Å². The van der Waals surface area contributed by atoms with Crippen LogP contribution in [0, 0.1) is 0 Å². The molecular formula is C11H17PS3. The minimum absolute atomic E-state index is 0.618. The van der Waals surface area contributed by atoms with E-state index in [9.17, 15) is 0 Å². The fourth-order valence-electron chi connectivity index (χ4n) is 1.66. The maximum atomic E-state index is 4.95. The average molecular weight is 276 g/mol. The quantitative estimate of drug-likeness (QED) is 0.630. The summed E-state index contributed by atoms with van der Waals surface area (Å²) in [6.45, 7) is 4.50. The summed E-state index contributed by atoms with van der Waals surface area (Å²) in [6.07, 6.45) is 0. The molecule has 4 heteroatoms. The van der Waals surface area contributed by atoms with Crippen LogP contribution in [0.15, 0.2) is 24.3 Å². The molecule has 0 amide bonds. The van der Waals surface area contributed by atoms with Gasteiger partial charge in [-0.2, -0.15) is 0 Å². The number of hydrogen-bond acceptors (Lipinski definition) is 3. The molecule has 0 spiro atoms. The Kier molecular flexibility index (Phi) is 3.98. The monoisotopic (exact) mass is 276 g/mol. The van der Waals surface area contributed by atoms with Crippen LogP contribution in [0.25, 0.3) is 0 Å². The fourth-order valence-corrected chi connectivity index (χ4v) is 13.4. The zero-order chi connectivity index (χ0) is 10.9. The molecule has 1 fully saturated rings. The standard InChI is InChI=1S/C11H17PS3/c1-9(2)10-4-3-5-11(8-10)12(13)14-6-7-15-12/h3-5,8-9,12-13H,6-7H2,1-2H3. The first kappa shape index (κ1) is 12.2. The molecule has 1 aliphatic heterocycles. The Hall–Kier alpha value is 0.700. The summed E-state index contributed by atoms with van der Waals surface area (Å²) in [5.74, 6) is 3.16. The fraction of sp³-hybridized carbons (Fsp3) is 0.455. The van der Waals surface area contributed by atoms with Gasteiger partial charge < -0.3 is 0 Å². The Labute approximate surface area is 106 Å². The van der Waals surface area contributed by atoms with Crippen molar-refractivity contribution in [2.24, 2.45) is 0 Å². The Morgan fingerprint density at radius 2 is 1.93 bits per heavy atom. The molecule has 15 heavy (non-hydrogen) atoms. The second kappa shape index (κ2) is 4.91. The average Bonchev–Trinajstić information content (AvgIpc) is 2.67. The summed E-state index contributed by atoms with van der Waals surface area (Å²) >= 11 is 9.12. The van der Waals surface area contributed by atoms with Crippen molar-refractivity contribution in [3.8, 4) is 0 Å². The van der Waals surface area contributed by atoms with Crippen molar-refractivity contribution in [1.82, 2.24) is 0 Å². The van der Waals surface area contributed by atoms with Gasteiger partial charge in [-0.3, -0.25) is 0 Å². The van der Waals surface area contributed by atoms with Crippen LogP contribution in [0.1, 0.15) is 25.3 Å². The van der Waals surface area contributed by atoms with Gasteiger partial charge in [0, 0.05) is 0 Å². The molecule has 84 valence electrons. The van der Waals surface area contributed by atoms with Gasteiger partial charge in [0.15, 0.2) is 0 Å². The van der Waals surface area contributed by atoms with Crippen LogP contribution in [0.5, 0.6) is 0 Å². The summed E-state index contributed by atoms with van der Waals surface area (Å²) in [6, 6.07) is 9.05. The van der Waals surface area contributed by atoms with E-state index in [0.717, 1.165) is 0 Å². The molecule has 1 aliphatic rings. The first-order valence-corrected chi connectivity index (χ1v) is 11.9. The van der Waals surface area contributed by atoms with Crippen LogP contribution in [0.4, 0.5) is 0 Å². The Morgan fingerprint density at radius 1 is 1.27 bits per heavy atom. The van der Waals surface area contributed by atoms with E-state index in [2.05, 4.69) is 60.9 Å². The van der Waals surface area contributed by atoms with Gasteiger partial charge in [0.2, 0.25) is 0 Å². The number of thiol groups is 1. The van der Waals surface area contributed by atoms with E-state index < -0.39 is 4.87 Å². The van der Waals surface area contributed by atoms with Crippen LogP contribution < -0.4 is 5.30 Å². The summed E-state index contributed by atoms with van der Waals surface area (Å²) < 4.78 is 0. The van der Waals surface area contributed by atoms with Gasteiger partial charge in [0.05, 0.1) is 0 Å². The summed E-state index contributed by atoms with van der Waals surface area (Å²) in [5, 5.41) is 1.49. The van der Waals surface area contributed by atoms with E-state index >= 15 is 0 Å². The van der Waals surface area contributed by atoms with Crippen molar-refractivity contribution in [3.05, 3.63) is 29.8 Å². The first-order chi connectivity index (χ1) is 7.12. The Bertz CT molecular complexity index is 345. The predicted molar refractivity (Wildman–Crippen MR) is 82.4 cm³/mol. The van der Waals surface area contributed by atoms with Gasteiger partial charge in [-0.25, -0.2) is 0 Å². The maximum absolute atomic E-state index is 4.95. The van der Waals surface area contributed by atoms with E-state index in [1.165, 1.54) is 22.4 Å². The van der Waals surface area contributed by atoms with E-state index in [1.807, 2.05) is 0 Å². The summed E-state index contributed by atoms with van der Waals surface area (Å²) in [7, 11) is 0. The third-order valence-electron chi connectivity index (χ3n) is 2.60. The van der Waals surface area contributed by atoms with E-state index in [-0.39, 0.29) is 0 Å². The molecule has 0 aromatic heterocycles. The van der Waals surface area contributed by atoms with Crippen molar-refractivity contribution in [2.75, 3.05) is 11.5 Å². The van der Waals surface area contributed by atoms with Crippen LogP contribution in [-0.2, 0) is 0 Å². The zero-order valence-corrected chi connectivity index (χ0v) is 12.6. The Morgan fingerprint density at radius 3 is 2.53 bits per heavy atom. The van der Waals surface area contributed by atoms with Crippen LogP contribution in [-0.4, -0.2) is 11.5 Å². The van der Waals surface area contributed by atoms with E-state index in [1.54, 1.807) is 0 Å². The van der Waals surface area contributed by atoms with Gasteiger partial charge in [-0.1, -0.05) is 0 Å². The molecule has 0 N–H and O–H groups in total. The number of rotatable bonds is 2. The molecular weight excluding hydrogens is 259 g/mol. The second-order valence-corrected chi connectivity index (χ2v) is 17.2. The minimum atomic E-state index is -1.51. The molecule has 1 aromatic rings. The van der Waals surface area contributed by atoms with Gasteiger partial charge in [-0.05, 0) is 0 Å². The third-order valence-corrected chi connectivity index (χ3v) is 15.7. The third kappa shape index (κ3) is 2.69. The molecule has 0 atom stereocenters. The van der Waals surface area contributed by atoms with Gasteiger partial charge in [-0.15, -0.1) is 0 Å². The van der Waals surface area contributed by atoms with E-state index in [4.69, 9.17) is 12.2 Å². The number of hydrogen-bond donors (Lipinski definition) is 1. The van der Waals surface area contributed by atoms with Crippen molar-refractivity contribution < 1.29 is 0 Å². The SMILES string of the molecule is CC(C)c1cccc([PH]2(S)SCCS2)c1. The van der Waals surface area contributed by atoms with Crippen molar-refractivity contribution >= 4 is 45.2 Å². The number of benzene rings is 1. The second-order valence-electron chi connectivity index (χ2n) is 4.06. The van der Waals surface area contributed by atoms with Crippen molar-refractivity contribution in [3.63, 3.8) is 0 Å². The first-order valence-electron chi connectivity index (χ1n) is 5.22. The molecule has 0 saturated carbocycles. The molecule has 0 nitrogen and oxygen atoms in total. The van der Waals surface area contributed by atoms with Gasteiger partial charge in [0.1, 0.15) is 0 Å². The normalized spacial score (nSPS) is 21.9. The molecule has 2 rings (SSSR count). The topological polar surface area (TPSA) is 0 Å². The van der Waals surface area contributed by atoms with E-state index in [0.29, 0.717) is 5.92 Å². The molecule has 0 aliphatic carbocycles. The van der Waals surface area contributed by atoms with Crippen LogP contribution in [0.3, 0.4) is 0 Å². The summed E-state index contributed by atoms with van der Waals surface area (Å²) in [5.41, 5.74) is 1.45. The zero-order valence-electron chi connectivity index (χ0n) is 9.06. The van der Waals surface area contributed by atoms with Crippen molar-refractivity contribution in [1.29, 1.82) is 0 Å². The van der Waals surface area contributed by atoms with Crippen LogP contribution in [0.2, 0.25) is 0 Å². The molecule has 1 saturated heterocycles. The molecule has 1 heterocycles.